The Balaban J connectivity index is 1.43. The first-order valence-corrected chi connectivity index (χ1v) is 11.9. The van der Waals surface area contributed by atoms with Gasteiger partial charge in [-0.15, -0.1) is 0 Å². The molecule has 1 aliphatic heterocycles. The molecule has 0 saturated heterocycles. The summed E-state index contributed by atoms with van der Waals surface area (Å²) in [7, 11) is -3.86. The van der Waals surface area contributed by atoms with Gasteiger partial charge in [-0.2, -0.15) is 13.2 Å². The van der Waals surface area contributed by atoms with Gasteiger partial charge in [-0.3, -0.25) is 9.10 Å². The van der Waals surface area contributed by atoms with Crippen molar-refractivity contribution in [3.05, 3.63) is 82.9 Å². The molecule has 34 heavy (non-hydrogen) atoms. The van der Waals surface area contributed by atoms with Gasteiger partial charge in [0.15, 0.2) is 6.61 Å². The summed E-state index contributed by atoms with van der Waals surface area (Å²) in [6.07, 6.45) is -3.94. The number of ether oxygens (including phenoxy) is 1. The highest BCUT2D eigenvalue weighted by atomic mass is 35.5. The van der Waals surface area contributed by atoms with Gasteiger partial charge in [0.05, 0.1) is 21.2 Å². The predicted octanol–water partition coefficient (Wildman–Crippen LogP) is 5.13. The van der Waals surface area contributed by atoms with Crippen LogP contribution in [0.4, 0.5) is 24.5 Å². The van der Waals surface area contributed by atoms with E-state index < -0.39 is 34.3 Å². The molecule has 3 aromatic rings. The molecular formula is C23H18ClF3N2O4S. The zero-order valence-corrected chi connectivity index (χ0v) is 19.0. The van der Waals surface area contributed by atoms with Crippen LogP contribution in [-0.4, -0.2) is 27.5 Å². The normalized spacial score (nSPS) is 13.5. The number of anilines is 2. The molecule has 1 amide bonds. The molecule has 178 valence electrons. The van der Waals surface area contributed by atoms with Crippen LogP contribution in [0.25, 0.3) is 0 Å². The highest BCUT2D eigenvalue weighted by molar-refractivity contribution is 7.92. The van der Waals surface area contributed by atoms with Gasteiger partial charge in [0.2, 0.25) is 0 Å². The Kier molecular flexibility index (Phi) is 6.46. The standard InChI is InChI=1S/C23H18ClF3N2O4S/c24-19-13-18(34(31,32)29-11-10-15-4-1-2-7-20(15)29)8-9-21(19)33-14-22(30)28-17-6-3-5-16(12-17)23(25,26)27/h1-9,12-13H,10-11,14H2,(H,28,30). The van der Waals surface area contributed by atoms with Gasteiger partial charge in [0.25, 0.3) is 15.9 Å². The third-order valence-corrected chi connectivity index (χ3v) is 7.27. The maximum Gasteiger partial charge on any atom is 0.416 e. The summed E-state index contributed by atoms with van der Waals surface area (Å²) in [4.78, 5) is 12.1. The molecule has 1 aliphatic rings. The van der Waals surface area contributed by atoms with Crippen LogP contribution in [0.2, 0.25) is 5.02 Å². The fourth-order valence-electron chi connectivity index (χ4n) is 3.56. The maximum atomic E-state index is 13.1. The van der Waals surface area contributed by atoms with Crippen molar-refractivity contribution in [1.82, 2.24) is 0 Å². The van der Waals surface area contributed by atoms with Gasteiger partial charge < -0.3 is 10.1 Å². The topological polar surface area (TPSA) is 75.7 Å². The second kappa shape index (κ2) is 9.19. The molecule has 3 aromatic carbocycles. The molecule has 0 aliphatic carbocycles. The van der Waals surface area contributed by atoms with Crippen LogP contribution < -0.4 is 14.4 Å². The Morgan fingerprint density at radius 3 is 2.56 bits per heavy atom. The minimum atomic E-state index is -4.54. The number of rotatable bonds is 6. The molecule has 11 heteroatoms. The highest BCUT2D eigenvalue weighted by Crippen LogP contribution is 2.35. The quantitative estimate of drug-likeness (QED) is 0.499. The monoisotopic (exact) mass is 510 g/mol. The van der Waals surface area contributed by atoms with E-state index in [1.54, 1.807) is 12.1 Å². The Hall–Kier alpha value is -3.24. The van der Waals surface area contributed by atoms with E-state index in [9.17, 15) is 26.4 Å². The Bertz CT molecular complexity index is 1350. The van der Waals surface area contributed by atoms with Crippen molar-refractivity contribution in [3.8, 4) is 5.75 Å². The first kappa shape index (κ1) is 23.9. The number of carbonyl (C=O) groups excluding carboxylic acids is 1. The van der Waals surface area contributed by atoms with E-state index in [4.69, 9.17) is 16.3 Å². The number of halogens is 4. The smallest absolute Gasteiger partial charge is 0.416 e. The molecule has 0 bridgehead atoms. The number of hydrogen-bond donors (Lipinski definition) is 1. The zero-order valence-electron chi connectivity index (χ0n) is 17.5. The lowest BCUT2D eigenvalue weighted by atomic mass is 10.2. The predicted molar refractivity (Wildman–Crippen MR) is 122 cm³/mol. The lowest BCUT2D eigenvalue weighted by Crippen LogP contribution is -2.29. The number of amides is 1. The average Bonchev–Trinajstić information content (AvgIpc) is 3.23. The number of fused-ring (bicyclic) bond motifs is 1. The molecule has 0 aromatic heterocycles. The first-order chi connectivity index (χ1) is 16.1. The lowest BCUT2D eigenvalue weighted by Gasteiger charge is -2.20. The molecule has 0 atom stereocenters. The SMILES string of the molecule is O=C(COc1ccc(S(=O)(=O)N2CCc3ccccc32)cc1Cl)Nc1cccc(C(F)(F)F)c1. The van der Waals surface area contributed by atoms with Crippen molar-refractivity contribution in [2.45, 2.75) is 17.5 Å². The number of nitrogens with zero attached hydrogens (tertiary/aromatic N) is 1. The van der Waals surface area contributed by atoms with Gasteiger partial charge >= 0.3 is 6.18 Å². The van der Waals surface area contributed by atoms with Gasteiger partial charge in [-0.25, -0.2) is 8.42 Å². The second-order valence-electron chi connectivity index (χ2n) is 7.46. The largest absolute Gasteiger partial charge is 0.482 e. The minimum Gasteiger partial charge on any atom is -0.482 e. The van der Waals surface area contributed by atoms with Gasteiger partial charge in [0.1, 0.15) is 5.75 Å². The number of hydrogen-bond acceptors (Lipinski definition) is 4. The van der Waals surface area contributed by atoms with Gasteiger partial charge in [0, 0.05) is 12.2 Å². The summed E-state index contributed by atoms with van der Waals surface area (Å²) in [5.41, 5.74) is 0.614. The number of para-hydroxylation sites is 1. The third-order valence-electron chi connectivity index (χ3n) is 5.17. The minimum absolute atomic E-state index is 0.0274. The van der Waals surface area contributed by atoms with Crippen LogP contribution >= 0.6 is 11.6 Å². The fraction of sp³-hybridized carbons (Fsp3) is 0.174. The highest BCUT2D eigenvalue weighted by Gasteiger charge is 2.32. The van der Waals surface area contributed by atoms with E-state index in [1.807, 2.05) is 12.1 Å². The van der Waals surface area contributed by atoms with Crippen molar-refractivity contribution in [3.63, 3.8) is 0 Å². The van der Waals surface area contributed by atoms with Crippen molar-refractivity contribution in [1.29, 1.82) is 0 Å². The van der Waals surface area contributed by atoms with Gasteiger partial charge in [-0.1, -0.05) is 35.9 Å². The maximum absolute atomic E-state index is 13.1. The number of nitrogens with one attached hydrogen (secondary N) is 1. The molecule has 4 rings (SSSR count). The van der Waals surface area contributed by atoms with E-state index in [2.05, 4.69) is 5.32 Å². The number of carbonyl (C=O) groups is 1. The summed E-state index contributed by atoms with van der Waals surface area (Å²) < 4.78 is 71.3. The van der Waals surface area contributed by atoms with E-state index in [-0.39, 0.29) is 21.4 Å². The van der Waals surface area contributed by atoms with Crippen LogP contribution in [0.5, 0.6) is 5.75 Å². The van der Waals surface area contributed by atoms with Crippen molar-refractivity contribution in [2.24, 2.45) is 0 Å². The summed E-state index contributed by atoms with van der Waals surface area (Å²) in [5.74, 6) is -0.651. The van der Waals surface area contributed by atoms with Crippen LogP contribution in [0.1, 0.15) is 11.1 Å². The van der Waals surface area contributed by atoms with Crippen LogP contribution in [0.3, 0.4) is 0 Å². The Morgan fingerprint density at radius 1 is 1.06 bits per heavy atom. The molecule has 6 nitrogen and oxygen atoms in total. The number of sulfonamides is 1. The number of alkyl halides is 3. The third kappa shape index (κ3) is 4.97. The summed E-state index contributed by atoms with van der Waals surface area (Å²) in [6.45, 7) is -0.227. The van der Waals surface area contributed by atoms with E-state index >= 15 is 0 Å². The number of benzene rings is 3. The molecule has 0 fully saturated rings. The lowest BCUT2D eigenvalue weighted by molar-refractivity contribution is -0.137. The van der Waals surface area contributed by atoms with Crippen molar-refractivity contribution >= 4 is 38.9 Å². The molecule has 0 spiro atoms. The molecular weight excluding hydrogens is 493 g/mol. The zero-order chi connectivity index (χ0) is 24.5. The van der Waals surface area contributed by atoms with Crippen LogP contribution in [0.15, 0.2) is 71.6 Å². The summed E-state index contributed by atoms with van der Waals surface area (Å²) >= 11 is 6.19. The molecule has 1 N–H and O–H groups in total. The summed E-state index contributed by atoms with van der Waals surface area (Å²) in [5, 5.41) is 2.29. The first-order valence-electron chi connectivity index (χ1n) is 10.1. The van der Waals surface area contributed by atoms with E-state index in [0.717, 1.165) is 17.7 Å². The van der Waals surface area contributed by atoms with Crippen molar-refractivity contribution in [2.75, 3.05) is 22.8 Å². The fourth-order valence-corrected chi connectivity index (χ4v) is 5.39. The Morgan fingerprint density at radius 2 is 1.82 bits per heavy atom. The van der Waals surface area contributed by atoms with Gasteiger partial charge in [-0.05, 0) is 54.4 Å². The van der Waals surface area contributed by atoms with Crippen LogP contribution in [0, 0.1) is 0 Å². The van der Waals surface area contributed by atoms with E-state index in [1.165, 1.54) is 34.6 Å². The second-order valence-corrected chi connectivity index (χ2v) is 9.73. The molecule has 0 radical (unpaired) electrons. The Labute approximate surface area is 199 Å². The summed E-state index contributed by atoms with van der Waals surface area (Å²) in [6, 6.07) is 15.3. The average molecular weight is 511 g/mol. The van der Waals surface area contributed by atoms with Crippen LogP contribution in [-0.2, 0) is 27.4 Å². The molecule has 0 saturated carbocycles. The van der Waals surface area contributed by atoms with Crippen molar-refractivity contribution < 1.29 is 31.1 Å². The molecule has 0 unspecified atom stereocenters. The molecule has 1 heterocycles. The van der Waals surface area contributed by atoms with E-state index in [0.29, 0.717) is 18.7 Å².